The largest absolute Gasteiger partial charge is 0.494 e. The number of ether oxygens (including phenoxy) is 1. The molecule has 0 aliphatic carbocycles. The number of hydrogen-bond acceptors (Lipinski definition) is 6. The summed E-state index contributed by atoms with van der Waals surface area (Å²) in [7, 11) is 4.07. The molecule has 1 N–H and O–H groups in total. The van der Waals surface area contributed by atoms with Gasteiger partial charge in [0.15, 0.2) is 5.82 Å². The van der Waals surface area contributed by atoms with Gasteiger partial charge in [0.1, 0.15) is 5.75 Å². The van der Waals surface area contributed by atoms with E-state index in [1.54, 1.807) is 6.07 Å². The predicted molar refractivity (Wildman–Crippen MR) is 121 cm³/mol. The highest BCUT2D eigenvalue weighted by atomic mass is 16.5. The Morgan fingerprint density at radius 3 is 2.68 bits per heavy atom. The second kappa shape index (κ2) is 9.42. The van der Waals surface area contributed by atoms with Crippen molar-refractivity contribution < 1.29 is 4.74 Å². The number of aryl methyl sites for hydroxylation is 3. The van der Waals surface area contributed by atoms with Crippen LogP contribution < -0.4 is 15.2 Å². The number of H-pyrrole nitrogens is 1. The molecule has 4 rings (SSSR count). The van der Waals surface area contributed by atoms with Gasteiger partial charge in [0.2, 0.25) is 5.56 Å². The Kier molecular flexibility index (Phi) is 6.26. The fraction of sp³-hybridized carbons (Fsp3) is 0.304. The predicted octanol–water partition coefficient (Wildman–Crippen LogP) is 2.83. The smallest absolute Gasteiger partial charge is 0.248 e. The van der Waals surface area contributed by atoms with E-state index in [4.69, 9.17) is 4.74 Å². The average Bonchev–Trinajstić information content (AvgIpc) is 3.23. The molecule has 0 fully saturated rings. The average molecular weight is 419 g/mol. The Morgan fingerprint density at radius 1 is 1.03 bits per heavy atom. The van der Waals surface area contributed by atoms with Crippen LogP contribution in [0, 0.1) is 0 Å². The number of rotatable bonds is 9. The summed E-state index contributed by atoms with van der Waals surface area (Å²) in [6.07, 6.45) is 2.43. The molecule has 31 heavy (non-hydrogen) atoms. The third-order valence-corrected chi connectivity index (χ3v) is 5.18. The molecule has 2 aromatic carbocycles. The third kappa shape index (κ3) is 5.28. The minimum absolute atomic E-state index is 0.107. The van der Waals surface area contributed by atoms with Crippen molar-refractivity contribution in [2.45, 2.75) is 25.8 Å². The number of anilines is 1. The van der Waals surface area contributed by atoms with Crippen LogP contribution in [0.4, 0.5) is 5.69 Å². The van der Waals surface area contributed by atoms with Crippen LogP contribution in [0.5, 0.6) is 5.75 Å². The van der Waals surface area contributed by atoms with E-state index in [9.17, 15) is 4.79 Å². The summed E-state index contributed by atoms with van der Waals surface area (Å²) >= 11 is 0. The lowest BCUT2D eigenvalue weighted by atomic mass is 10.1. The molecule has 2 aromatic heterocycles. The molecule has 0 radical (unpaired) electrons. The number of benzene rings is 2. The summed E-state index contributed by atoms with van der Waals surface area (Å²) in [5.74, 6) is 1.64. The van der Waals surface area contributed by atoms with Gasteiger partial charge in [0.05, 0.1) is 6.61 Å². The maximum Gasteiger partial charge on any atom is 0.248 e. The van der Waals surface area contributed by atoms with Crippen LogP contribution in [-0.2, 0) is 19.4 Å². The number of tetrazole rings is 1. The van der Waals surface area contributed by atoms with Crippen molar-refractivity contribution in [2.24, 2.45) is 0 Å². The number of fused-ring (bicyclic) bond motifs is 1. The van der Waals surface area contributed by atoms with Crippen molar-refractivity contribution in [3.63, 3.8) is 0 Å². The monoisotopic (exact) mass is 418 g/mol. The molecule has 0 saturated carbocycles. The first-order chi connectivity index (χ1) is 15.1. The van der Waals surface area contributed by atoms with Gasteiger partial charge >= 0.3 is 0 Å². The SMILES string of the molecule is CN(C)c1ccc(CCn2nnnc2CCCOc2ccc3[nH]c(=O)ccc3c2)cc1. The van der Waals surface area contributed by atoms with Crippen LogP contribution in [0.2, 0.25) is 0 Å². The molecule has 8 heteroatoms. The van der Waals surface area contributed by atoms with Gasteiger partial charge in [-0.2, -0.15) is 0 Å². The summed E-state index contributed by atoms with van der Waals surface area (Å²) in [6.45, 7) is 1.31. The Bertz CT molecular complexity index is 1200. The molecule has 0 saturated heterocycles. The van der Waals surface area contributed by atoms with Crippen molar-refractivity contribution in [3.05, 3.63) is 76.3 Å². The van der Waals surface area contributed by atoms with Gasteiger partial charge in [-0.1, -0.05) is 12.1 Å². The number of pyridine rings is 1. The second-order valence-corrected chi connectivity index (χ2v) is 7.65. The van der Waals surface area contributed by atoms with Gasteiger partial charge in [-0.25, -0.2) is 4.68 Å². The molecule has 160 valence electrons. The topological polar surface area (TPSA) is 88.9 Å². The molecule has 2 heterocycles. The molecule has 0 atom stereocenters. The molecule has 4 aromatic rings. The Balaban J connectivity index is 1.27. The minimum Gasteiger partial charge on any atom is -0.494 e. The van der Waals surface area contributed by atoms with Gasteiger partial charge in [-0.05, 0) is 65.2 Å². The number of aromatic nitrogens is 5. The van der Waals surface area contributed by atoms with Crippen LogP contribution in [0.15, 0.2) is 59.4 Å². The van der Waals surface area contributed by atoms with Crippen LogP contribution in [0.25, 0.3) is 10.9 Å². The standard InChI is InChI=1S/C23H26N6O2/c1-28(2)19-8-5-17(6-9-19)13-14-29-22(25-26-27-29)4-3-15-31-20-10-11-21-18(16-20)7-12-23(30)24-21/h5-12,16H,3-4,13-15H2,1-2H3,(H,24,30). The highest BCUT2D eigenvalue weighted by Gasteiger charge is 2.07. The molecule has 8 nitrogen and oxygen atoms in total. The lowest BCUT2D eigenvalue weighted by molar-refractivity contribution is 0.309. The van der Waals surface area contributed by atoms with Crippen LogP contribution in [0.1, 0.15) is 17.8 Å². The van der Waals surface area contributed by atoms with Crippen molar-refractivity contribution in [3.8, 4) is 5.75 Å². The molecule has 0 bridgehead atoms. The molecule has 0 unspecified atom stereocenters. The van der Waals surface area contributed by atoms with E-state index in [2.05, 4.69) is 49.7 Å². The van der Waals surface area contributed by atoms with Crippen LogP contribution in [0.3, 0.4) is 0 Å². The summed E-state index contributed by atoms with van der Waals surface area (Å²) in [5.41, 5.74) is 3.14. The van der Waals surface area contributed by atoms with E-state index in [1.165, 1.54) is 17.3 Å². The van der Waals surface area contributed by atoms with Gasteiger partial charge in [0.25, 0.3) is 0 Å². The zero-order valence-corrected chi connectivity index (χ0v) is 17.8. The normalized spacial score (nSPS) is 11.0. The highest BCUT2D eigenvalue weighted by molar-refractivity contribution is 5.79. The van der Waals surface area contributed by atoms with Crippen molar-refractivity contribution in [2.75, 3.05) is 25.6 Å². The summed E-state index contributed by atoms with van der Waals surface area (Å²) < 4.78 is 7.74. The summed E-state index contributed by atoms with van der Waals surface area (Å²) in [6, 6.07) is 17.5. The fourth-order valence-electron chi connectivity index (χ4n) is 3.41. The van der Waals surface area contributed by atoms with E-state index in [-0.39, 0.29) is 5.56 Å². The lowest BCUT2D eigenvalue weighted by Gasteiger charge is -2.12. The molecule has 0 spiro atoms. The summed E-state index contributed by atoms with van der Waals surface area (Å²) in [4.78, 5) is 16.3. The van der Waals surface area contributed by atoms with Gasteiger partial charge in [0, 0.05) is 49.7 Å². The Labute approximate surface area is 180 Å². The fourth-order valence-corrected chi connectivity index (χ4v) is 3.41. The second-order valence-electron chi connectivity index (χ2n) is 7.65. The van der Waals surface area contributed by atoms with Gasteiger partial charge < -0.3 is 14.6 Å². The molecular formula is C23H26N6O2. The van der Waals surface area contributed by atoms with Crippen LogP contribution in [-0.4, -0.2) is 45.9 Å². The number of nitrogens with one attached hydrogen (secondary N) is 1. The Morgan fingerprint density at radius 2 is 1.87 bits per heavy atom. The molecule has 0 amide bonds. The van der Waals surface area contributed by atoms with Gasteiger partial charge in [-0.15, -0.1) is 5.10 Å². The van der Waals surface area contributed by atoms with E-state index in [1.807, 2.05) is 37.0 Å². The lowest BCUT2D eigenvalue weighted by Crippen LogP contribution is -2.10. The van der Waals surface area contributed by atoms with Crippen molar-refractivity contribution in [1.29, 1.82) is 0 Å². The maximum atomic E-state index is 11.4. The highest BCUT2D eigenvalue weighted by Crippen LogP contribution is 2.18. The van der Waals surface area contributed by atoms with Crippen molar-refractivity contribution in [1.82, 2.24) is 25.2 Å². The Hall–Kier alpha value is -3.68. The quantitative estimate of drug-likeness (QED) is 0.421. The van der Waals surface area contributed by atoms with Gasteiger partial charge in [-0.3, -0.25) is 4.79 Å². The van der Waals surface area contributed by atoms with Crippen LogP contribution >= 0.6 is 0 Å². The molecule has 0 aliphatic rings. The number of nitrogens with zero attached hydrogens (tertiary/aromatic N) is 5. The van der Waals surface area contributed by atoms with E-state index in [0.29, 0.717) is 6.61 Å². The molecular weight excluding hydrogens is 392 g/mol. The third-order valence-electron chi connectivity index (χ3n) is 5.18. The first-order valence-electron chi connectivity index (χ1n) is 10.4. The van der Waals surface area contributed by atoms with E-state index in [0.717, 1.165) is 48.3 Å². The molecule has 0 aliphatic heterocycles. The number of hydrogen-bond donors (Lipinski definition) is 1. The zero-order valence-electron chi connectivity index (χ0n) is 17.8. The number of aromatic amines is 1. The van der Waals surface area contributed by atoms with Crippen molar-refractivity contribution >= 4 is 16.6 Å². The first kappa shape index (κ1) is 20.6. The zero-order chi connectivity index (χ0) is 21.6. The maximum absolute atomic E-state index is 11.4. The first-order valence-corrected chi connectivity index (χ1v) is 10.4. The van der Waals surface area contributed by atoms with E-state index >= 15 is 0 Å². The summed E-state index contributed by atoms with van der Waals surface area (Å²) in [5, 5.41) is 13.1. The van der Waals surface area contributed by atoms with E-state index < -0.39 is 0 Å². The minimum atomic E-state index is -0.107.